The molecule has 0 amide bonds. The van der Waals surface area contributed by atoms with E-state index < -0.39 is 0 Å². The van der Waals surface area contributed by atoms with Crippen LogP contribution in [0.15, 0.2) is 36.7 Å². The second-order valence-corrected chi connectivity index (χ2v) is 8.44. The monoisotopic (exact) mass is 460 g/mol. The zero-order valence-electron chi connectivity index (χ0n) is 11.3. The molecule has 4 rings (SSSR count). The molecule has 1 N–H and O–H groups in total. The summed E-state index contributed by atoms with van der Waals surface area (Å²) in [5, 5.41) is 24.9. The summed E-state index contributed by atoms with van der Waals surface area (Å²) in [5.41, 5.74) is 1.09. The molecule has 0 spiro atoms. The number of benzene rings is 1. The van der Waals surface area contributed by atoms with Crippen LogP contribution in [-0.2, 0) is 6.42 Å². The first-order chi connectivity index (χ1) is 10.6. The molecular weight excluding hydrogens is 452 g/mol. The molecule has 1 aromatic heterocycles. The van der Waals surface area contributed by atoms with E-state index in [0.29, 0.717) is 8.95 Å². The summed E-state index contributed by atoms with van der Waals surface area (Å²) in [7, 11) is 0. The molecule has 22 heavy (non-hydrogen) atoms. The zero-order valence-corrected chi connectivity index (χ0v) is 16.1. The first-order valence-corrected chi connectivity index (χ1v) is 9.90. The van der Waals surface area contributed by atoms with Gasteiger partial charge >= 0.3 is 0 Å². The maximum atomic E-state index is 9.91. The van der Waals surface area contributed by atoms with Gasteiger partial charge in [0.15, 0.2) is 5.82 Å². The number of fused-ring (bicyclic) bond motifs is 3. The molecule has 3 heterocycles. The summed E-state index contributed by atoms with van der Waals surface area (Å²) in [5.74, 6) is 1.17. The average Bonchev–Trinajstić information content (AvgIpc) is 3.14. The fourth-order valence-electron chi connectivity index (χ4n) is 2.46. The molecule has 0 aliphatic carbocycles. The number of nitrogens with zero attached hydrogens (tertiary/aromatic N) is 4. The molecule has 0 radical (unpaired) electrons. The van der Waals surface area contributed by atoms with E-state index in [0.717, 1.165) is 28.0 Å². The molecule has 0 fully saturated rings. The molecule has 2 aliphatic rings. The van der Waals surface area contributed by atoms with E-state index in [1.165, 1.54) is 0 Å². The third kappa shape index (κ3) is 2.13. The minimum Gasteiger partial charge on any atom is -0.506 e. The van der Waals surface area contributed by atoms with Crippen LogP contribution in [0.2, 0.25) is 0 Å². The number of phenols is 1. The molecule has 9 heteroatoms. The van der Waals surface area contributed by atoms with Gasteiger partial charge in [0.2, 0.25) is 5.16 Å². The Balaban J connectivity index is 1.79. The van der Waals surface area contributed by atoms with Gasteiger partial charge in [-0.1, -0.05) is 18.7 Å². The fourth-order valence-corrected chi connectivity index (χ4v) is 5.91. The minimum absolute atomic E-state index is 0.0956. The number of hydrogen-bond acceptors (Lipinski definition) is 6. The summed E-state index contributed by atoms with van der Waals surface area (Å²) in [6.45, 7) is 2.08. The Labute approximate surface area is 152 Å². The lowest BCUT2D eigenvalue weighted by molar-refractivity contribution is 0.468. The van der Waals surface area contributed by atoms with Crippen molar-refractivity contribution in [3.63, 3.8) is 0 Å². The zero-order chi connectivity index (χ0) is 15.4. The van der Waals surface area contributed by atoms with Gasteiger partial charge in [0.25, 0.3) is 0 Å². The Morgan fingerprint density at radius 3 is 2.68 bits per heavy atom. The van der Waals surface area contributed by atoms with Crippen molar-refractivity contribution in [3.05, 3.63) is 42.9 Å². The van der Waals surface area contributed by atoms with Crippen LogP contribution in [0.5, 0.6) is 5.75 Å². The average molecular weight is 462 g/mol. The van der Waals surface area contributed by atoms with E-state index in [2.05, 4.69) is 64.1 Å². The van der Waals surface area contributed by atoms with Crippen LogP contribution in [0.25, 0.3) is 0 Å². The van der Waals surface area contributed by atoms with Crippen molar-refractivity contribution in [2.24, 2.45) is 0 Å². The van der Waals surface area contributed by atoms with Crippen molar-refractivity contribution in [1.82, 2.24) is 14.9 Å². The van der Waals surface area contributed by atoms with Crippen LogP contribution in [0.1, 0.15) is 23.7 Å². The van der Waals surface area contributed by atoms with Gasteiger partial charge in [-0.05, 0) is 61.3 Å². The lowest BCUT2D eigenvalue weighted by atomic mass is 10.2. The van der Waals surface area contributed by atoms with Crippen molar-refractivity contribution in [1.29, 1.82) is 0 Å². The highest BCUT2D eigenvalue weighted by Gasteiger charge is 2.39. The number of rotatable bonds is 2. The van der Waals surface area contributed by atoms with Gasteiger partial charge in [-0.3, -0.25) is 5.01 Å². The fraction of sp³-hybridized carbons (Fsp3) is 0.231. The predicted octanol–water partition coefficient (Wildman–Crippen LogP) is 4.36. The Kier molecular flexibility index (Phi) is 3.71. The number of aryl methyl sites for hydroxylation is 1. The van der Waals surface area contributed by atoms with Crippen molar-refractivity contribution in [2.75, 3.05) is 5.01 Å². The molecule has 1 aromatic carbocycles. The summed E-state index contributed by atoms with van der Waals surface area (Å²) in [4.78, 5) is 0. The van der Waals surface area contributed by atoms with Gasteiger partial charge in [-0.25, -0.2) is 4.68 Å². The van der Waals surface area contributed by atoms with Crippen LogP contribution in [0.4, 0.5) is 0 Å². The van der Waals surface area contributed by atoms with Crippen molar-refractivity contribution < 1.29 is 5.11 Å². The van der Waals surface area contributed by atoms with E-state index in [4.69, 9.17) is 0 Å². The Morgan fingerprint density at radius 1 is 1.27 bits per heavy atom. The van der Waals surface area contributed by atoms with Crippen LogP contribution in [-0.4, -0.2) is 20.0 Å². The van der Waals surface area contributed by atoms with Gasteiger partial charge in [0.05, 0.1) is 8.95 Å². The van der Waals surface area contributed by atoms with E-state index in [1.54, 1.807) is 23.5 Å². The number of aromatic hydroxyl groups is 1. The van der Waals surface area contributed by atoms with Crippen LogP contribution < -0.4 is 5.01 Å². The van der Waals surface area contributed by atoms with Crippen molar-refractivity contribution >= 4 is 55.4 Å². The van der Waals surface area contributed by atoms with Crippen LogP contribution >= 0.6 is 55.4 Å². The van der Waals surface area contributed by atoms with E-state index in [-0.39, 0.29) is 11.1 Å². The maximum Gasteiger partial charge on any atom is 0.216 e. The standard InChI is InChI=1S/C13H10Br2N4OS2/c1-2-9-16-17-13-18(9)19-10(22-13)5-21-12(19)6-3-7(14)11(20)8(15)4-6/h3-5,12,20H,2H2,1H3. The third-order valence-corrected chi connectivity index (χ3v) is 6.87. The normalized spacial score (nSPS) is 19.3. The summed E-state index contributed by atoms with van der Waals surface area (Å²) < 4.78 is 3.45. The maximum absolute atomic E-state index is 9.91. The third-order valence-electron chi connectivity index (χ3n) is 3.47. The molecule has 1 atom stereocenters. The number of phenolic OH excluding ortho intramolecular Hbond substituents is 1. The van der Waals surface area contributed by atoms with Crippen molar-refractivity contribution in [3.8, 4) is 5.75 Å². The molecule has 1 unspecified atom stereocenters. The highest BCUT2D eigenvalue weighted by molar-refractivity contribution is 9.11. The summed E-state index contributed by atoms with van der Waals surface area (Å²) in [6, 6.07) is 3.90. The summed E-state index contributed by atoms with van der Waals surface area (Å²) >= 11 is 10.2. The molecular formula is C13H10Br2N4OS2. The molecule has 0 bridgehead atoms. The van der Waals surface area contributed by atoms with Crippen molar-refractivity contribution in [2.45, 2.75) is 23.9 Å². The molecule has 114 valence electrons. The second kappa shape index (κ2) is 5.47. The van der Waals surface area contributed by atoms with E-state index >= 15 is 0 Å². The largest absolute Gasteiger partial charge is 0.506 e. The molecule has 0 saturated heterocycles. The Morgan fingerprint density at radius 2 is 2.00 bits per heavy atom. The smallest absolute Gasteiger partial charge is 0.216 e. The lowest BCUT2D eigenvalue weighted by Crippen LogP contribution is -2.30. The predicted molar refractivity (Wildman–Crippen MR) is 95.4 cm³/mol. The SMILES string of the molecule is CCc1nnc2n1N1C(=CSC1c1cc(Br)c(O)c(Br)c1)S2. The number of hydrogen-bond donors (Lipinski definition) is 1. The van der Waals surface area contributed by atoms with Gasteiger partial charge in [0.1, 0.15) is 16.2 Å². The van der Waals surface area contributed by atoms with Gasteiger partial charge in [0, 0.05) is 11.8 Å². The second-order valence-electron chi connectivity index (χ2n) is 4.79. The van der Waals surface area contributed by atoms with Gasteiger partial charge < -0.3 is 5.11 Å². The van der Waals surface area contributed by atoms with Crippen LogP contribution in [0.3, 0.4) is 0 Å². The van der Waals surface area contributed by atoms with E-state index in [9.17, 15) is 5.11 Å². The van der Waals surface area contributed by atoms with Gasteiger partial charge in [-0.15, -0.1) is 10.2 Å². The summed E-state index contributed by atoms with van der Waals surface area (Å²) in [6.07, 6.45) is 0.831. The number of aromatic nitrogens is 3. The first-order valence-electron chi connectivity index (χ1n) is 6.55. The Hall–Kier alpha value is -0.640. The number of halogens is 2. The van der Waals surface area contributed by atoms with E-state index in [1.807, 2.05) is 12.1 Å². The van der Waals surface area contributed by atoms with Gasteiger partial charge in [-0.2, -0.15) is 0 Å². The van der Waals surface area contributed by atoms with Crippen LogP contribution in [0, 0.1) is 0 Å². The number of thioether (sulfide) groups is 2. The quantitative estimate of drug-likeness (QED) is 0.716. The molecule has 5 nitrogen and oxygen atoms in total. The highest BCUT2D eigenvalue weighted by atomic mass is 79.9. The lowest BCUT2D eigenvalue weighted by Gasteiger charge is -2.26. The highest BCUT2D eigenvalue weighted by Crippen LogP contribution is 2.52. The minimum atomic E-state index is 0.0956. The topological polar surface area (TPSA) is 54.2 Å². The molecule has 2 aromatic rings. The first kappa shape index (κ1) is 14.9. The Bertz CT molecular complexity index is 784. The molecule has 0 saturated carbocycles. The molecule has 2 aliphatic heterocycles.